The Morgan fingerprint density at radius 2 is 1.28 bits per heavy atom. The molecule has 0 fully saturated rings. The number of halogens is 1. The standard InChI is InChI=1S/C4H6Br.3C4H9.Sn/c1-2-3-4-5;3*1-3-4-2;/h1-2H,3-4H2;3*1,3-4H2,2H3;. The van der Waals surface area contributed by atoms with Crippen molar-refractivity contribution in [3.05, 3.63) is 10.2 Å². The average molecular weight is 424 g/mol. The molecule has 0 spiro atoms. The molecular weight excluding hydrogens is 391 g/mol. The Bertz CT molecular complexity index is 179. The maximum absolute atomic E-state index is 3.55. The molecule has 0 saturated heterocycles. The molecule has 2 heteroatoms. The fourth-order valence-corrected chi connectivity index (χ4v) is 17.4. The first-order valence-electron chi connectivity index (χ1n) is 7.98. The topological polar surface area (TPSA) is 0 Å². The number of unbranched alkanes of at least 4 members (excludes halogenated alkanes) is 3. The van der Waals surface area contributed by atoms with Gasteiger partial charge in [-0.05, 0) is 0 Å². The molecule has 108 valence electrons. The Kier molecular flexibility index (Phi) is 13.8. The van der Waals surface area contributed by atoms with Crippen LogP contribution in [0, 0.1) is 0 Å². The number of alkyl halides is 1. The predicted octanol–water partition coefficient (Wildman–Crippen LogP) is 6.72. The summed E-state index contributed by atoms with van der Waals surface area (Å²) < 4.78 is 7.58. The van der Waals surface area contributed by atoms with Crippen LogP contribution in [0.4, 0.5) is 0 Å². The zero-order valence-corrected chi connectivity index (χ0v) is 17.3. The fourth-order valence-electron chi connectivity index (χ4n) is 2.61. The van der Waals surface area contributed by atoms with E-state index in [9.17, 15) is 0 Å². The molecule has 0 radical (unpaired) electrons. The van der Waals surface area contributed by atoms with Crippen LogP contribution in [0.3, 0.4) is 0 Å². The van der Waals surface area contributed by atoms with Gasteiger partial charge in [0.25, 0.3) is 0 Å². The van der Waals surface area contributed by atoms with Crippen molar-refractivity contribution in [2.75, 3.05) is 5.33 Å². The Morgan fingerprint density at radius 1 is 0.833 bits per heavy atom. The fraction of sp³-hybridized carbons (Fsp3) is 0.875. The summed E-state index contributed by atoms with van der Waals surface area (Å²) in [6.45, 7) is 7.04. The number of rotatable bonds is 12. The molecule has 0 aliphatic rings. The van der Waals surface area contributed by atoms with E-state index in [0.29, 0.717) is 0 Å². The average Bonchev–Trinajstić information content (AvgIpc) is 2.40. The summed E-state index contributed by atoms with van der Waals surface area (Å²) in [6.07, 6.45) is 12.3. The summed E-state index contributed by atoms with van der Waals surface area (Å²) >= 11 is 1.63. The van der Waals surface area contributed by atoms with E-state index in [4.69, 9.17) is 0 Å². The molecule has 0 aliphatic carbocycles. The number of hydrogen-bond donors (Lipinski definition) is 0. The van der Waals surface area contributed by atoms with Gasteiger partial charge in [0.2, 0.25) is 0 Å². The van der Waals surface area contributed by atoms with Gasteiger partial charge in [-0.1, -0.05) is 0 Å². The van der Waals surface area contributed by atoms with Crippen LogP contribution in [0.25, 0.3) is 0 Å². The Balaban J connectivity index is 4.61. The summed E-state index contributed by atoms with van der Waals surface area (Å²) in [5.41, 5.74) is 0. The van der Waals surface area contributed by atoms with Gasteiger partial charge >= 0.3 is 129 Å². The number of allylic oxidation sites excluding steroid dienone is 1. The quantitative estimate of drug-likeness (QED) is 0.241. The van der Waals surface area contributed by atoms with Crippen molar-refractivity contribution in [3.8, 4) is 0 Å². The van der Waals surface area contributed by atoms with Gasteiger partial charge < -0.3 is 0 Å². The first kappa shape index (κ1) is 19.0. The first-order valence-corrected chi connectivity index (χ1v) is 16.8. The molecule has 0 saturated carbocycles. The summed E-state index contributed by atoms with van der Waals surface area (Å²) in [4.78, 5) is 0. The van der Waals surface area contributed by atoms with Crippen LogP contribution in [0.2, 0.25) is 13.3 Å². The van der Waals surface area contributed by atoms with E-state index in [0.717, 1.165) is 5.33 Å². The second-order valence-electron chi connectivity index (χ2n) is 5.55. The second kappa shape index (κ2) is 13.0. The van der Waals surface area contributed by atoms with Crippen LogP contribution < -0.4 is 0 Å². The van der Waals surface area contributed by atoms with Crippen LogP contribution in [-0.2, 0) is 0 Å². The van der Waals surface area contributed by atoms with Gasteiger partial charge in [-0.3, -0.25) is 0 Å². The van der Waals surface area contributed by atoms with Gasteiger partial charge in [0.05, 0.1) is 0 Å². The van der Waals surface area contributed by atoms with Gasteiger partial charge in [-0.15, -0.1) is 0 Å². The van der Waals surface area contributed by atoms with Crippen molar-refractivity contribution >= 4 is 34.3 Å². The third kappa shape index (κ3) is 9.01. The molecule has 0 nitrogen and oxygen atoms in total. The minimum atomic E-state index is -1.92. The van der Waals surface area contributed by atoms with E-state index in [-0.39, 0.29) is 0 Å². The second-order valence-corrected chi connectivity index (χ2v) is 19.4. The van der Waals surface area contributed by atoms with E-state index in [2.05, 4.69) is 46.9 Å². The van der Waals surface area contributed by atoms with Crippen LogP contribution in [0.15, 0.2) is 10.2 Å². The SMILES string of the molecule is CCC[CH2][Sn](/[CH]=C/CCBr)([CH2]CCC)[CH2]CCC. The molecule has 0 unspecified atom stereocenters. The zero-order valence-electron chi connectivity index (χ0n) is 12.8. The number of hydrogen-bond acceptors (Lipinski definition) is 0. The summed E-state index contributed by atoms with van der Waals surface area (Å²) in [5.74, 6) is 0. The maximum atomic E-state index is 3.55. The van der Waals surface area contributed by atoms with Crippen LogP contribution in [-0.4, -0.2) is 23.7 Å². The van der Waals surface area contributed by atoms with E-state index < -0.39 is 18.4 Å². The van der Waals surface area contributed by atoms with Crippen LogP contribution >= 0.6 is 15.9 Å². The van der Waals surface area contributed by atoms with Gasteiger partial charge in [-0.2, -0.15) is 0 Å². The third-order valence-corrected chi connectivity index (χ3v) is 18.5. The summed E-state index contributed by atoms with van der Waals surface area (Å²) in [7, 11) is 0. The molecule has 0 aromatic rings. The molecule has 0 amide bonds. The molecule has 0 aromatic carbocycles. The van der Waals surface area contributed by atoms with E-state index in [1.165, 1.54) is 44.9 Å². The molecule has 0 rings (SSSR count). The molecule has 0 atom stereocenters. The van der Waals surface area contributed by atoms with E-state index in [1.807, 2.05) is 0 Å². The van der Waals surface area contributed by atoms with Gasteiger partial charge in [0, 0.05) is 0 Å². The van der Waals surface area contributed by atoms with Gasteiger partial charge in [0.1, 0.15) is 0 Å². The van der Waals surface area contributed by atoms with Crippen molar-refractivity contribution in [3.63, 3.8) is 0 Å². The first-order chi connectivity index (χ1) is 8.74. The Hall–Kier alpha value is 1.02. The van der Waals surface area contributed by atoms with Crippen molar-refractivity contribution in [2.45, 2.75) is 79.0 Å². The zero-order chi connectivity index (χ0) is 13.7. The summed E-state index contributed by atoms with van der Waals surface area (Å²) in [6, 6.07) is 0. The minimum absolute atomic E-state index is 1.13. The Labute approximate surface area is 128 Å². The molecule has 0 bridgehead atoms. The van der Waals surface area contributed by atoms with Crippen molar-refractivity contribution in [1.29, 1.82) is 0 Å². The van der Waals surface area contributed by atoms with E-state index >= 15 is 0 Å². The van der Waals surface area contributed by atoms with E-state index in [1.54, 1.807) is 13.3 Å². The van der Waals surface area contributed by atoms with Crippen molar-refractivity contribution in [2.24, 2.45) is 0 Å². The molecule has 0 aliphatic heterocycles. The van der Waals surface area contributed by atoms with Gasteiger partial charge in [-0.25, -0.2) is 0 Å². The van der Waals surface area contributed by atoms with Crippen LogP contribution in [0.1, 0.15) is 65.7 Å². The van der Waals surface area contributed by atoms with Gasteiger partial charge in [0.15, 0.2) is 0 Å². The molecular formula is C16H33BrSn. The normalized spacial score (nSPS) is 12.4. The molecule has 18 heavy (non-hydrogen) atoms. The Morgan fingerprint density at radius 3 is 1.61 bits per heavy atom. The van der Waals surface area contributed by atoms with Crippen LogP contribution in [0.5, 0.6) is 0 Å². The predicted molar refractivity (Wildman–Crippen MR) is 92.5 cm³/mol. The molecule has 0 N–H and O–H groups in total. The molecule has 0 heterocycles. The molecule has 0 aromatic heterocycles. The third-order valence-electron chi connectivity index (χ3n) is 3.83. The monoisotopic (exact) mass is 424 g/mol. The van der Waals surface area contributed by atoms with Crippen molar-refractivity contribution < 1.29 is 0 Å². The van der Waals surface area contributed by atoms with Crippen molar-refractivity contribution in [1.82, 2.24) is 0 Å². The summed E-state index contributed by atoms with van der Waals surface area (Å²) in [5, 5.41) is 1.13.